The first-order valence-electron chi connectivity index (χ1n) is 4.60. The quantitative estimate of drug-likeness (QED) is 0.799. The number of nitrogens with one attached hydrogen (secondary N) is 2. The van der Waals surface area contributed by atoms with Gasteiger partial charge >= 0.3 is 6.09 Å². The second-order valence-electron chi connectivity index (χ2n) is 3.02. The maximum Gasteiger partial charge on any atom is 0.422 e. The standard InChI is InChI=1S/C9H11BrN2O5S/c1-16-8-4-3-6(5-7(8)10)18(14,15)12-11-9(13)17-2/h3-5,12H,1-2H3,(H,11,13). The van der Waals surface area contributed by atoms with Crippen LogP contribution < -0.4 is 15.0 Å². The van der Waals surface area contributed by atoms with Crippen LogP contribution in [0.5, 0.6) is 5.75 Å². The van der Waals surface area contributed by atoms with Crippen LogP contribution in [-0.2, 0) is 14.8 Å². The van der Waals surface area contributed by atoms with E-state index >= 15 is 0 Å². The number of methoxy groups -OCH3 is 2. The second-order valence-corrected chi connectivity index (χ2v) is 5.56. The van der Waals surface area contributed by atoms with Crippen LogP contribution in [0.2, 0.25) is 0 Å². The van der Waals surface area contributed by atoms with E-state index in [1.807, 2.05) is 10.3 Å². The van der Waals surface area contributed by atoms with Crippen LogP contribution in [0.4, 0.5) is 4.79 Å². The predicted octanol–water partition coefficient (Wildman–Crippen LogP) is 1.01. The third-order valence-corrected chi connectivity index (χ3v) is 3.77. The van der Waals surface area contributed by atoms with Crippen molar-refractivity contribution in [3.63, 3.8) is 0 Å². The fourth-order valence-corrected chi connectivity index (χ4v) is 2.58. The van der Waals surface area contributed by atoms with Crippen LogP contribution in [0.1, 0.15) is 0 Å². The van der Waals surface area contributed by atoms with Crippen LogP contribution in [0.25, 0.3) is 0 Å². The van der Waals surface area contributed by atoms with E-state index in [1.165, 1.54) is 25.3 Å². The van der Waals surface area contributed by atoms with Crippen molar-refractivity contribution in [2.75, 3.05) is 14.2 Å². The van der Waals surface area contributed by atoms with Gasteiger partial charge in [0.1, 0.15) is 5.75 Å². The van der Waals surface area contributed by atoms with E-state index in [1.54, 1.807) is 0 Å². The SMILES string of the molecule is COC(=O)NNS(=O)(=O)c1ccc(OC)c(Br)c1. The van der Waals surface area contributed by atoms with Crippen molar-refractivity contribution in [1.82, 2.24) is 10.3 Å². The fourth-order valence-electron chi connectivity index (χ4n) is 1.03. The highest BCUT2D eigenvalue weighted by Gasteiger charge is 2.16. The fraction of sp³-hybridized carbons (Fsp3) is 0.222. The van der Waals surface area contributed by atoms with Gasteiger partial charge < -0.3 is 9.47 Å². The Bertz CT molecular complexity index is 546. The molecule has 1 aromatic carbocycles. The van der Waals surface area contributed by atoms with Crippen molar-refractivity contribution >= 4 is 32.0 Å². The zero-order valence-corrected chi connectivity index (χ0v) is 12.0. The van der Waals surface area contributed by atoms with Gasteiger partial charge in [0.2, 0.25) is 0 Å². The summed E-state index contributed by atoms with van der Waals surface area (Å²) in [7, 11) is -1.28. The van der Waals surface area contributed by atoms with Gasteiger partial charge in [-0.1, -0.05) is 0 Å². The van der Waals surface area contributed by atoms with E-state index in [4.69, 9.17) is 4.74 Å². The zero-order valence-electron chi connectivity index (χ0n) is 9.56. The van der Waals surface area contributed by atoms with Crippen LogP contribution in [0.15, 0.2) is 27.6 Å². The lowest BCUT2D eigenvalue weighted by molar-refractivity contribution is 0.169. The number of rotatable bonds is 4. The molecule has 0 aromatic heterocycles. The molecule has 0 aliphatic heterocycles. The number of carbonyl (C=O) groups excluding carboxylic acids is 1. The molecule has 0 saturated carbocycles. The van der Waals surface area contributed by atoms with Gasteiger partial charge in [-0.05, 0) is 34.1 Å². The first-order chi connectivity index (χ1) is 8.40. The summed E-state index contributed by atoms with van der Waals surface area (Å²) in [5, 5.41) is 0. The van der Waals surface area contributed by atoms with Crippen LogP contribution in [0.3, 0.4) is 0 Å². The molecule has 0 aliphatic carbocycles. The summed E-state index contributed by atoms with van der Waals surface area (Å²) in [6, 6.07) is 4.17. The van der Waals surface area contributed by atoms with Gasteiger partial charge in [0.05, 0.1) is 23.6 Å². The predicted molar refractivity (Wildman–Crippen MR) is 66.6 cm³/mol. The van der Waals surface area contributed by atoms with E-state index in [-0.39, 0.29) is 4.90 Å². The highest BCUT2D eigenvalue weighted by atomic mass is 79.9. The summed E-state index contributed by atoms with van der Waals surface area (Å²) in [4.78, 5) is 12.6. The molecule has 2 N–H and O–H groups in total. The topological polar surface area (TPSA) is 93.7 Å². The maximum absolute atomic E-state index is 11.8. The molecule has 0 spiro atoms. The number of halogens is 1. The third-order valence-electron chi connectivity index (χ3n) is 1.91. The number of hydrogen-bond donors (Lipinski definition) is 2. The van der Waals surface area contributed by atoms with Crippen molar-refractivity contribution in [2.45, 2.75) is 4.90 Å². The highest BCUT2D eigenvalue weighted by molar-refractivity contribution is 9.10. The molecule has 1 rings (SSSR count). The average Bonchev–Trinajstić information content (AvgIpc) is 2.35. The number of ether oxygens (including phenoxy) is 2. The summed E-state index contributed by atoms with van der Waals surface area (Å²) in [6.07, 6.45) is -0.911. The smallest absolute Gasteiger partial charge is 0.422 e. The molecule has 1 amide bonds. The lowest BCUT2D eigenvalue weighted by Crippen LogP contribution is -2.41. The molecule has 0 bridgehead atoms. The summed E-state index contributed by atoms with van der Waals surface area (Å²) in [5.41, 5.74) is 1.87. The molecular weight excluding hydrogens is 328 g/mol. The highest BCUT2D eigenvalue weighted by Crippen LogP contribution is 2.27. The number of amides is 1. The van der Waals surface area contributed by atoms with Gasteiger partial charge in [0.15, 0.2) is 0 Å². The number of hydrazine groups is 1. The summed E-state index contributed by atoms with van der Waals surface area (Å²) in [6.45, 7) is 0. The Morgan fingerprint density at radius 1 is 1.33 bits per heavy atom. The average molecular weight is 339 g/mol. The van der Waals surface area contributed by atoms with E-state index < -0.39 is 16.1 Å². The number of hydrogen-bond acceptors (Lipinski definition) is 5. The Morgan fingerprint density at radius 2 is 2.00 bits per heavy atom. The lowest BCUT2D eigenvalue weighted by atomic mass is 10.3. The Labute approximate surface area is 113 Å². The van der Waals surface area contributed by atoms with Crippen LogP contribution >= 0.6 is 15.9 Å². The molecule has 18 heavy (non-hydrogen) atoms. The molecule has 0 atom stereocenters. The lowest BCUT2D eigenvalue weighted by Gasteiger charge is -2.09. The zero-order chi connectivity index (χ0) is 13.8. The maximum atomic E-state index is 11.8. The largest absolute Gasteiger partial charge is 0.496 e. The molecule has 0 radical (unpaired) electrons. The Balaban J connectivity index is 2.92. The Hall–Kier alpha value is -1.32. The molecule has 1 aromatic rings. The second kappa shape index (κ2) is 6.03. The molecule has 0 saturated heterocycles. The number of carbonyl (C=O) groups is 1. The van der Waals surface area contributed by atoms with Crippen molar-refractivity contribution in [2.24, 2.45) is 0 Å². The van der Waals surface area contributed by atoms with E-state index in [0.717, 1.165) is 7.11 Å². The van der Waals surface area contributed by atoms with E-state index in [2.05, 4.69) is 20.7 Å². The molecule has 0 unspecified atom stereocenters. The molecular formula is C9H11BrN2O5S. The van der Waals surface area contributed by atoms with Gasteiger partial charge in [-0.15, -0.1) is 4.83 Å². The molecule has 0 aliphatic rings. The van der Waals surface area contributed by atoms with Crippen molar-refractivity contribution < 1.29 is 22.7 Å². The monoisotopic (exact) mass is 338 g/mol. The minimum atomic E-state index is -3.86. The first kappa shape index (κ1) is 14.7. The third kappa shape index (κ3) is 3.59. The number of benzene rings is 1. The van der Waals surface area contributed by atoms with Gasteiger partial charge in [0, 0.05) is 0 Å². The normalized spacial score (nSPS) is 10.8. The van der Waals surface area contributed by atoms with Crippen molar-refractivity contribution in [1.29, 1.82) is 0 Å². The minimum absolute atomic E-state index is 0.0356. The number of sulfonamides is 1. The minimum Gasteiger partial charge on any atom is -0.496 e. The Kier molecular flexibility index (Phi) is 4.93. The van der Waals surface area contributed by atoms with Crippen LogP contribution in [-0.4, -0.2) is 28.7 Å². The van der Waals surface area contributed by atoms with Gasteiger partial charge in [-0.25, -0.2) is 18.6 Å². The molecule has 0 fully saturated rings. The van der Waals surface area contributed by atoms with Crippen molar-refractivity contribution in [3.05, 3.63) is 22.7 Å². The first-order valence-corrected chi connectivity index (χ1v) is 6.87. The summed E-state index contributed by atoms with van der Waals surface area (Å²) < 4.78 is 33.2. The van der Waals surface area contributed by atoms with E-state index in [9.17, 15) is 13.2 Å². The summed E-state index contributed by atoms with van der Waals surface area (Å²) in [5.74, 6) is 0.495. The van der Waals surface area contributed by atoms with Gasteiger partial charge in [0.25, 0.3) is 10.0 Å². The Morgan fingerprint density at radius 3 is 2.50 bits per heavy atom. The molecule has 9 heteroatoms. The van der Waals surface area contributed by atoms with E-state index in [0.29, 0.717) is 10.2 Å². The molecule has 0 heterocycles. The summed E-state index contributed by atoms with van der Waals surface area (Å²) >= 11 is 3.16. The van der Waals surface area contributed by atoms with Crippen LogP contribution in [0, 0.1) is 0 Å². The molecule has 7 nitrogen and oxygen atoms in total. The molecule has 100 valence electrons. The van der Waals surface area contributed by atoms with Crippen molar-refractivity contribution in [3.8, 4) is 5.75 Å². The van der Waals surface area contributed by atoms with Gasteiger partial charge in [-0.3, -0.25) is 0 Å². The van der Waals surface area contributed by atoms with Gasteiger partial charge in [-0.2, -0.15) is 0 Å².